The van der Waals surface area contributed by atoms with E-state index in [0.29, 0.717) is 39.4 Å². The average Bonchev–Trinajstić information content (AvgIpc) is 2.92. The lowest BCUT2D eigenvalue weighted by molar-refractivity contribution is 0.102. The molecule has 0 radical (unpaired) electrons. The Labute approximate surface area is 226 Å². The lowest BCUT2D eigenvalue weighted by atomic mass is 10.0. The molecule has 0 aliphatic carbocycles. The monoisotopic (exact) mass is 539 g/mol. The first-order valence-corrected chi connectivity index (χ1v) is 13.5. The van der Waals surface area contributed by atoms with E-state index >= 15 is 0 Å². The molecule has 2 aromatic heterocycles. The van der Waals surface area contributed by atoms with Crippen molar-refractivity contribution in [3.8, 4) is 17.0 Å². The van der Waals surface area contributed by atoms with Crippen LogP contribution in [0.25, 0.3) is 22.2 Å². The number of anilines is 2. The molecule has 0 spiro atoms. The number of para-hydroxylation sites is 1. The molecule has 1 amide bonds. The summed E-state index contributed by atoms with van der Waals surface area (Å²) in [5.41, 5.74) is 3.70. The zero-order valence-electron chi connectivity index (χ0n) is 21.5. The number of carbonyl (C=O) groups is 1. The molecule has 3 aromatic carbocycles. The summed E-state index contributed by atoms with van der Waals surface area (Å²) in [4.78, 5) is 26.4. The van der Waals surface area contributed by atoms with Crippen molar-refractivity contribution in [2.45, 2.75) is 18.7 Å². The Kier molecular flexibility index (Phi) is 6.95. The summed E-state index contributed by atoms with van der Waals surface area (Å²) in [6.45, 7) is 3.45. The zero-order chi connectivity index (χ0) is 27.6. The van der Waals surface area contributed by atoms with Crippen LogP contribution in [0, 0.1) is 13.8 Å². The Hall–Kier alpha value is -4.83. The van der Waals surface area contributed by atoms with Crippen molar-refractivity contribution in [2.24, 2.45) is 0 Å². The number of pyridine rings is 1. The van der Waals surface area contributed by atoms with E-state index in [1.54, 1.807) is 33.1 Å². The van der Waals surface area contributed by atoms with Gasteiger partial charge in [-0.3, -0.25) is 9.52 Å². The number of carbonyl (C=O) groups excluding carboxylic acids is 1. The van der Waals surface area contributed by atoms with Crippen molar-refractivity contribution in [1.29, 1.82) is 0 Å². The van der Waals surface area contributed by atoms with Gasteiger partial charge in [0, 0.05) is 28.4 Å². The summed E-state index contributed by atoms with van der Waals surface area (Å²) < 4.78 is 33.4. The van der Waals surface area contributed by atoms with Gasteiger partial charge in [0.25, 0.3) is 15.9 Å². The fraction of sp³-hybridized carbons (Fsp3) is 0.103. The molecule has 10 heteroatoms. The first-order chi connectivity index (χ1) is 18.7. The van der Waals surface area contributed by atoms with Crippen LogP contribution in [0.1, 0.15) is 21.9 Å². The summed E-state index contributed by atoms with van der Waals surface area (Å²) in [5.74, 6) is 1.03. The first kappa shape index (κ1) is 25.8. The van der Waals surface area contributed by atoms with E-state index in [9.17, 15) is 13.2 Å². The van der Waals surface area contributed by atoms with E-state index < -0.39 is 10.0 Å². The van der Waals surface area contributed by atoms with Crippen LogP contribution in [-0.4, -0.2) is 36.4 Å². The average molecular weight is 540 g/mol. The second-order valence-electron chi connectivity index (χ2n) is 8.83. The molecule has 39 heavy (non-hydrogen) atoms. The molecule has 5 rings (SSSR count). The maximum Gasteiger partial charge on any atom is 0.263 e. The number of benzene rings is 3. The Balaban J connectivity index is 1.40. The molecule has 0 aliphatic rings. The zero-order valence-corrected chi connectivity index (χ0v) is 22.3. The van der Waals surface area contributed by atoms with E-state index in [0.717, 1.165) is 11.3 Å². The van der Waals surface area contributed by atoms with Crippen LogP contribution in [-0.2, 0) is 10.0 Å². The number of ether oxygens (including phenoxy) is 1. The van der Waals surface area contributed by atoms with Crippen molar-refractivity contribution in [3.05, 3.63) is 102 Å². The lowest BCUT2D eigenvalue weighted by Gasteiger charge is -2.12. The second kappa shape index (κ2) is 10.5. The number of nitrogens with zero attached hydrogens (tertiary/aromatic N) is 3. The number of aromatic nitrogens is 3. The fourth-order valence-electron chi connectivity index (χ4n) is 4.15. The van der Waals surface area contributed by atoms with Gasteiger partial charge in [0.1, 0.15) is 17.4 Å². The number of sulfonamides is 1. The highest BCUT2D eigenvalue weighted by atomic mass is 32.2. The number of aryl methyl sites for hydroxylation is 2. The van der Waals surface area contributed by atoms with Crippen LogP contribution in [0.3, 0.4) is 0 Å². The third-order valence-corrected chi connectivity index (χ3v) is 7.34. The summed E-state index contributed by atoms with van der Waals surface area (Å²) in [6, 6.07) is 24.1. The van der Waals surface area contributed by atoms with Gasteiger partial charge in [-0.05, 0) is 74.5 Å². The largest absolute Gasteiger partial charge is 0.497 e. The molecule has 5 aromatic rings. The molecule has 0 saturated carbocycles. The van der Waals surface area contributed by atoms with E-state index in [-0.39, 0.29) is 16.6 Å². The topological polar surface area (TPSA) is 123 Å². The summed E-state index contributed by atoms with van der Waals surface area (Å²) in [5, 5.41) is 3.57. The predicted octanol–water partition coefficient (Wildman–Crippen LogP) is 5.37. The lowest BCUT2D eigenvalue weighted by Crippen LogP contribution is -2.15. The number of methoxy groups -OCH3 is 1. The van der Waals surface area contributed by atoms with Crippen LogP contribution in [0.2, 0.25) is 0 Å². The molecule has 9 nitrogen and oxygen atoms in total. The van der Waals surface area contributed by atoms with E-state index in [1.807, 2.05) is 48.5 Å². The van der Waals surface area contributed by atoms with Gasteiger partial charge in [-0.1, -0.05) is 18.2 Å². The highest BCUT2D eigenvalue weighted by molar-refractivity contribution is 7.92. The van der Waals surface area contributed by atoms with Gasteiger partial charge in [0.2, 0.25) is 0 Å². The third kappa shape index (κ3) is 5.70. The van der Waals surface area contributed by atoms with E-state index in [2.05, 4.69) is 20.0 Å². The van der Waals surface area contributed by atoms with Gasteiger partial charge in [0.15, 0.2) is 0 Å². The number of hydrogen-bond donors (Lipinski definition) is 2. The Morgan fingerprint density at radius 3 is 2.26 bits per heavy atom. The number of fused-ring (bicyclic) bond motifs is 1. The number of rotatable bonds is 7. The Bertz CT molecular complexity index is 1770. The molecule has 0 aliphatic heterocycles. The number of amides is 1. The predicted molar refractivity (Wildman–Crippen MR) is 150 cm³/mol. The van der Waals surface area contributed by atoms with Crippen LogP contribution >= 0.6 is 0 Å². The second-order valence-corrected chi connectivity index (χ2v) is 10.5. The molecule has 0 unspecified atom stereocenters. The quantitative estimate of drug-likeness (QED) is 0.285. The summed E-state index contributed by atoms with van der Waals surface area (Å²) >= 11 is 0. The first-order valence-electron chi connectivity index (χ1n) is 12.0. The smallest absolute Gasteiger partial charge is 0.263 e. The molecule has 0 atom stereocenters. The molecule has 0 saturated heterocycles. The third-order valence-electron chi connectivity index (χ3n) is 5.97. The van der Waals surface area contributed by atoms with Gasteiger partial charge in [0.05, 0.1) is 28.8 Å². The normalized spacial score (nSPS) is 11.3. The molecule has 2 N–H and O–H groups in total. The SMILES string of the molecule is COc1ccc(-c2cc(C(=O)Nc3ccc(S(=O)(=O)Nc4cc(C)nc(C)n4)cc3)c3ccccc3n2)cc1. The van der Waals surface area contributed by atoms with Gasteiger partial charge >= 0.3 is 0 Å². The summed E-state index contributed by atoms with van der Waals surface area (Å²) in [7, 11) is -2.28. The fourth-order valence-corrected chi connectivity index (χ4v) is 5.15. The van der Waals surface area contributed by atoms with Crippen LogP contribution in [0.15, 0.2) is 89.8 Å². The van der Waals surface area contributed by atoms with Gasteiger partial charge in [-0.15, -0.1) is 0 Å². The van der Waals surface area contributed by atoms with Crippen LogP contribution in [0.5, 0.6) is 5.75 Å². The minimum absolute atomic E-state index is 0.0329. The Morgan fingerprint density at radius 1 is 0.846 bits per heavy atom. The molecular weight excluding hydrogens is 514 g/mol. The van der Waals surface area contributed by atoms with Crippen molar-refractivity contribution in [2.75, 3.05) is 17.1 Å². The molecule has 196 valence electrons. The maximum atomic E-state index is 13.4. The standard InChI is InChI=1S/C29H25N5O4S/c1-18-16-28(31-19(2)30-18)34-39(36,37)23-14-10-21(11-15-23)32-29(35)25-17-27(20-8-12-22(38-3)13-9-20)33-26-7-5-4-6-24(25)26/h4-17H,1-3H3,(H,32,35)(H,30,31,34). The highest BCUT2D eigenvalue weighted by Gasteiger charge is 2.17. The summed E-state index contributed by atoms with van der Waals surface area (Å²) in [6.07, 6.45) is 0. The number of nitrogens with one attached hydrogen (secondary N) is 2. The van der Waals surface area contributed by atoms with Crippen molar-refractivity contribution in [1.82, 2.24) is 15.0 Å². The van der Waals surface area contributed by atoms with Crippen molar-refractivity contribution < 1.29 is 17.9 Å². The van der Waals surface area contributed by atoms with Gasteiger partial charge in [-0.2, -0.15) is 0 Å². The Morgan fingerprint density at radius 2 is 1.56 bits per heavy atom. The molecule has 0 bridgehead atoms. The van der Waals surface area contributed by atoms with Crippen LogP contribution in [0.4, 0.5) is 11.5 Å². The highest BCUT2D eigenvalue weighted by Crippen LogP contribution is 2.27. The van der Waals surface area contributed by atoms with E-state index in [1.165, 1.54) is 24.3 Å². The molecular formula is C29H25N5O4S. The van der Waals surface area contributed by atoms with E-state index in [4.69, 9.17) is 9.72 Å². The van der Waals surface area contributed by atoms with Crippen molar-refractivity contribution in [3.63, 3.8) is 0 Å². The molecule has 2 heterocycles. The minimum atomic E-state index is -3.88. The minimum Gasteiger partial charge on any atom is -0.497 e. The van der Waals surface area contributed by atoms with Gasteiger partial charge in [-0.25, -0.2) is 23.4 Å². The van der Waals surface area contributed by atoms with Crippen LogP contribution < -0.4 is 14.8 Å². The number of hydrogen-bond acceptors (Lipinski definition) is 7. The van der Waals surface area contributed by atoms with Gasteiger partial charge < -0.3 is 10.1 Å². The maximum absolute atomic E-state index is 13.4. The van der Waals surface area contributed by atoms with Crippen molar-refractivity contribution >= 4 is 38.3 Å². The molecule has 0 fully saturated rings.